The van der Waals surface area contributed by atoms with E-state index in [-0.39, 0.29) is 23.5 Å². The summed E-state index contributed by atoms with van der Waals surface area (Å²) >= 11 is 0. The SMILES string of the molecule is Cc1ccc(/C=C/C(=O)N(Cc2ccc(C(C)C)cc2)C2CCS(=O)(=O)C2)cc1. The van der Waals surface area contributed by atoms with E-state index in [0.717, 1.165) is 16.7 Å². The summed E-state index contributed by atoms with van der Waals surface area (Å²) in [5.74, 6) is 0.483. The topological polar surface area (TPSA) is 54.5 Å². The molecule has 1 amide bonds. The van der Waals surface area contributed by atoms with Crippen molar-refractivity contribution in [2.45, 2.75) is 45.7 Å². The summed E-state index contributed by atoms with van der Waals surface area (Å²) in [6.07, 6.45) is 3.84. The molecule has 2 aromatic rings. The highest BCUT2D eigenvalue weighted by Gasteiger charge is 2.34. The van der Waals surface area contributed by atoms with Crippen molar-refractivity contribution in [3.05, 3.63) is 76.9 Å². The molecule has 0 saturated carbocycles. The largest absolute Gasteiger partial charge is 0.331 e. The predicted octanol–water partition coefficient (Wildman–Crippen LogP) is 4.35. The molecule has 0 N–H and O–H groups in total. The van der Waals surface area contributed by atoms with Gasteiger partial charge in [0.1, 0.15) is 0 Å². The van der Waals surface area contributed by atoms with Crippen molar-refractivity contribution in [3.8, 4) is 0 Å². The molecule has 1 unspecified atom stereocenters. The number of sulfone groups is 1. The van der Waals surface area contributed by atoms with Gasteiger partial charge in [0, 0.05) is 18.7 Å². The quantitative estimate of drug-likeness (QED) is 0.664. The predicted molar refractivity (Wildman–Crippen MR) is 118 cm³/mol. The molecule has 0 radical (unpaired) electrons. The smallest absolute Gasteiger partial charge is 0.247 e. The Balaban J connectivity index is 1.80. The maximum atomic E-state index is 13.0. The van der Waals surface area contributed by atoms with Crippen LogP contribution in [-0.4, -0.2) is 36.8 Å². The molecule has 4 nitrogen and oxygen atoms in total. The number of carbonyl (C=O) groups is 1. The van der Waals surface area contributed by atoms with Crippen molar-refractivity contribution in [1.29, 1.82) is 0 Å². The van der Waals surface area contributed by atoms with Gasteiger partial charge in [0.2, 0.25) is 5.91 Å². The zero-order valence-electron chi connectivity index (χ0n) is 17.3. The van der Waals surface area contributed by atoms with Crippen molar-refractivity contribution in [3.63, 3.8) is 0 Å². The fourth-order valence-electron chi connectivity index (χ4n) is 3.55. The van der Waals surface area contributed by atoms with E-state index >= 15 is 0 Å². The van der Waals surface area contributed by atoms with Crippen LogP contribution >= 0.6 is 0 Å². The van der Waals surface area contributed by atoms with Gasteiger partial charge in [-0.05, 0) is 42.0 Å². The maximum Gasteiger partial charge on any atom is 0.247 e. The Morgan fingerprint density at radius 1 is 1.10 bits per heavy atom. The Hall–Kier alpha value is -2.40. The zero-order valence-corrected chi connectivity index (χ0v) is 18.2. The Morgan fingerprint density at radius 2 is 1.76 bits per heavy atom. The lowest BCUT2D eigenvalue weighted by Crippen LogP contribution is -2.39. The molecular weight excluding hydrogens is 382 g/mol. The fourth-order valence-corrected chi connectivity index (χ4v) is 5.28. The second-order valence-corrected chi connectivity index (χ2v) is 10.4. The summed E-state index contributed by atoms with van der Waals surface area (Å²) in [7, 11) is -3.07. The highest BCUT2D eigenvalue weighted by molar-refractivity contribution is 7.91. The molecule has 1 heterocycles. The van der Waals surface area contributed by atoms with Crippen molar-refractivity contribution in [2.75, 3.05) is 11.5 Å². The Kier molecular flexibility index (Phi) is 6.58. The van der Waals surface area contributed by atoms with Crippen LogP contribution in [0.3, 0.4) is 0 Å². The van der Waals surface area contributed by atoms with Gasteiger partial charge in [-0.1, -0.05) is 67.9 Å². The molecular formula is C24H29NO3S. The standard InChI is InChI=1S/C24H29NO3S/c1-18(2)22-11-8-21(9-12-22)16-25(23-14-15-29(27,28)17-23)24(26)13-10-20-6-4-19(3)5-7-20/h4-13,18,23H,14-17H2,1-3H3/b13-10+. The van der Waals surface area contributed by atoms with E-state index in [0.29, 0.717) is 18.9 Å². The molecule has 154 valence electrons. The normalized spacial score (nSPS) is 18.4. The lowest BCUT2D eigenvalue weighted by molar-refractivity contribution is -0.128. The molecule has 1 aliphatic rings. The lowest BCUT2D eigenvalue weighted by Gasteiger charge is -2.27. The summed E-state index contributed by atoms with van der Waals surface area (Å²) in [5, 5.41) is 0. The van der Waals surface area contributed by atoms with E-state index < -0.39 is 9.84 Å². The minimum Gasteiger partial charge on any atom is -0.331 e. The van der Waals surface area contributed by atoms with E-state index in [1.54, 1.807) is 17.1 Å². The average Bonchev–Trinajstić information content (AvgIpc) is 3.05. The van der Waals surface area contributed by atoms with Crippen molar-refractivity contribution in [1.82, 2.24) is 4.90 Å². The molecule has 1 atom stereocenters. The second kappa shape index (κ2) is 8.95. The average molecular weight is 412 g/mol. The first-order valence-corrected chi connectivity index (χ1v) is 11.9. The molecule has 1 fully saturated rings. The van der Waals surface area contributed by atoms with Crippen molar-refractivity contribution >= 4 is 21.8 Å². The van der Waals surface area contributed by atoms with Gasteiger partial charge >= 0.3 is 0 Å². The summed E-state index contributed by atoms with van der Waals surface area (Å²) in [5.41, 5.74) is 4.37. The molecule has 29 heavy (non-hydrogen) atoms. The van der Waals surface area contributed by atoms with Crippen LogP contribution in [0.15, 0.2) is 54.6 Å². The Morgan fingerprint density at radius 3 is 2.31 bits per heavy atom. The molecule has 3 rings (SSSR count). The molecule has 5 heteroatoms. The number of hydrogen-bond donors (Lipinski definition) is 0. The molecule has 1 saturated heterocycles. The van der Waals surface area contributed by atoms with Crippen molar-refractivity contribution in [2.24, 2.45) is 0 Å². The molecule has 2 aromatic carbocycles. The highest BCUT2D eigenvalue weighted by atomic mass is 32.2. The molecule has 0 aliphatic carbocycles. The third-order valence-electron chi connectivity index (χ3n) is 5.43. The third-order valence-corrected chi connectivity index (χ3v) is 7.18. The Labute approximate surface area is 174 Å². The van der Waals surface area contributed by atoms with Gasteiger partial charge in [0.05, 0.1) is 11.5 Å². The van der Waals surface area contributed by atoms with Crippen LogP contribution in [-0.2, 0) is 21.2 Å². The van der Waals surface area contributed by atoms with Crippen LogP contribution in [0, 0.1) is 6.92 Å². The van der Waals surface area contributed by atoms with E-state index in [1.165, 1.54) is 5.56 Å². The van der Waals surface area contributed by atoms with E-state index in [1.807, 2.05) is 43.3 Å². The number of benzene rings is 2. The van der Waals surface area contributed by atoms with Crippen molar-refractivity contribution < 1.29 is 13.2 Å². The number of hydrogen-bond acceptors (Lipinski definition) is 3. The van der Waals surface area contributed by atoms with Gasteiger partial charge in [-0.2, -0.15) is 0 Å². The van der Waals surface area contributed by atoms with Crippen LogP contribution in [0.2, 0.25) is 0 Å². The maximum absolute atomic E-state index is 13.0. The van der Waals surface area contributed by atoms with Gasteiger partial charge in [0.15, 0.2) is 9.84 Å². The first kappa shape index (κ1) is 21.3. The van der Waals surface area contributed by atoms with Crippen LogP contribution in [0.5, 0.6) is 0 Å². The summed E-state index contributed by atoms with van der Waals surface area (Å²) in [6.45, 7) is 6.72. The molecule has 0 spiro atoms. The monoisotopic (exact) mass is 411 g/mol. The zero-order chi connectivity index (χ0) is 21.0. The summed E-state index contributed by atoms with van der Waals surface area (Å²) in [6, 6.07) is 15.9. The molecule has 0 bridgehead atoms. The third kappa shape index (κ3) is 5.80. The minimum atomic E-state index is -3.07. The number of nitrogens with zero attached hydrogens (tertiary/aromatic N) is 1. The summed E-state index contributed by atoms with van der Waals surface area (Å²) in [4.78, 5) is 14.7. The van der Waals surface area contributed by atoms with E-state index in [2.05, 4.69) is 26.0 Å². The first-order valence-electron chi connectivity index (χ1n) is 10.1. The van der Waals surface area contributed by atoms with Crippen LogP contribution in [0.1, 0.15) is 48.4 Å². The summed E-state index contributed by atoms with van der Waals surface area (Å²) < 4.78 is 24.0. The van der Waals surface area contributed by atoms with E-state index in [9.17, 15) is 13.2 Å². The number of aryl methyl sites for hydroxylation is 1. The number of rotatable bonds is 6. The fraction of sp³-hybridized carbons (Fsp3) is 0.375. The van der Waals surface area contributed by atoms with Gasteiger partial charge < -0.3 is 4.90 Å². The number of carbonyl (C=O) groups excluding carboxylic acids is 1. The van der Waals surface area contributed by atoms with Gasteiger partial charge in [-0.3, -0.25) is 4.79 Å². The molecule has 0 aromatic heterocycles. The van der Waals surface area contributed by atoms with Gasteiger partial charge in [0.25, 0.3) is 0 Å². The van der Waals surface area contributed by atoms with Crippen LogP contribution in [0.4, 0.5) is 0 Å². The second-order valence-electron chi connectivity index (χ2n) is 8.16. The first-order chi connectivity index (χ1) is 13.7. The molecule has 1 aliphatic heterocycles. The Bertz CT molecular complexity index is 974. The highest BCUT2D eigenvalue weighted by Crippen LogP contribution is 2.22. The number of amides is 1. The van der Waals surface area contributed by atoms with Gasteiger partial charge in [-0.25, -0.2) is 8.42 Å². The van der Waals surface area contributed by atoms with Crippen LogP contribution < -0.4 is 0 Å². The van der Waals surface area contributed by atoms with Gasteiger partial charge in [-0.15, -0.1) is 0 Å². The van der Waals surface area contributed by atoms with Crippen LogP contribution in [0.25, 0.3) is 6.08 Å². The lowest BCUT2D eigenvalue weighted by atomic mass is 10.0. The minimum absolute atomic E-state index is 0.0428. The van der Waals surface area contributed by atoms with E-state index in [4.69, 9.17) is 0 Å².